The summed E-state index contributed by atoms with van der Waals surface area (Å²) >= 11 is 0. The largest absolute Gasteiger partial charge is 0.374 e. The van der Waals surface area contributed by atoms with Gasteiger partial charge in [0.15, 0.2) is 0 Å². The minimum absolute atomic E-state index is 0.0236. The molecule has 0 saturated heterocycles. The van der Waals surface area contributed by atoms with Crippen LogP contribution in [0.15, 0.2) is 12.2 Å². The van der Waals surface area contributed by atoms with Gasteiger partial charge in [0, 0.05) is 12.6 Å². The van der Waals surface area contributed by atoms with Crippen LogP contribution in [0.4, 0.5) is 0 Å². The van der Waals surface area contributed by atoms with Gasteiger partial charge in [-0.05, 0) is 39.5 Å². The van der Waals surface area contributed by atoms with Gasteiger partial charge in [-0.1, -0.05) is 18.4 Å². The monoisotopic (exact) mass is 211 g/mol. The molecule has 15 heavy (non-hydrogen) atoms. The summed E-state index contributed by atoms with van der Waals surface area (Å²) in [7, 11) is 0. The van der Waals surface area contributed by atoms with Crippen molar-refractivity contribution in [1.82, 2.24) is 0 Å². The second kappa shape index (κ2) is 5.66. The Hall–Kier alpha value is -0.340. The Labute approximate surface area is 93.9 Å². The molecular formula is C13H25NO. The molecule has 0 bridgehead atoms. The summed E-state index contributed by atoms with van der Waals surface area (Å²) in [6, 6.07) is 0.177. The van der Waals surface area contributed by atoms with Crippen molar-refractivity contribution in [2.75, 3.05) is 6.61 Å². The fraction of sp³-hybridized carbons (Fsp3) is 0.846. The highest BCUT2D eigenvalue weighted by Crippen LogP contribution is 2.37. The maximum atomic E-state index is 6.28. The summed E-state index contributed by atoms with van der Waals surface area (Å²) in [5, 5.41) is 0. The number of ether oxygens (including phenoxy) is 1. The van der Waals surface area contributed by atoms with Crippen LogP contribution in [0.3, 0.4) is 0 Å². The van der Waals surface area contributed by atoms with Crippen molar-refractivity contribution in [1.29, 1.82) is 0 Å². The van der Waals surface area contributed by atoms with E-state index in [1.807, 2.05) is 0 Å². The van der Waals surface area contributed by atoms with Gasteiger partial charge in [0.1, 0.15) is 0 Å². The van der Waals surface area contributed by atoms with E-state index in [9.17, 15) is 0 Å². The highest BCUT2D eigenvalue weighted by molar-refractivity contribution is 4.98. The molecule has 1 rings (SSSR count). The van der Waals surface area contributed by atoms with Crippen LogP contribution in [0.25, 0.3) is 0 Å². The molecule has 0 spiro atoms. The Morgan fingerprint density at radius 3 is 2.53 bits per heavy atom. The number of hydrogen-bond donors (Lipinski definition) is 1. The van der Waals surface area contributed by atoms with Gasteiger partial charge in [0.05, 0.1) is 5.60 Å². The van der Waals surface area contributed by atoms with E-state index in [1.165, 1.54) is 18.4 Å². The van der Waals surface area contributed by atoms with Gasteiger partial charge in [-0.2, -0.15) is 0 Å². The van der Waals surface area contributed by atoms with Gasteiger partial charge >= 0.3 is 0 Å². The van der Waals surface area contributed by atoms with Crippen molar-refractivity contribution >= 4 is 0 Å². The van der Waals surface area contributed by atoms with Crippen molar-refractivity contribution in [3.8, 4) is 0 Å². The van der Waals surface area contributed by atoms with E-state index in [4.69, 9.17) is 10.5 Å². The molecule has 88 valence electrons. The third-order valence-electron chi connectivity index (χ3n) is 3.44. The third-order valence-corrected chi connectivity index (χ3v) is 3.44. The molecule has 2 heteroatoms. The number of allylic oxidation sites excluding steroid dienone is 1. The second-order valence-corrected chi connectivity index (χ2v) is 4.81. The minimum Gasteiger partial charge on any atom is -0.374 e. The van der Waals surface area contributed by atoms with Crippen molar-refractivity contribution in [2.24, 2.45) is 5.73 Å². The Morgan fingerprint density at radius 2 is 2.07 bits per heavy atom. The molecule has 1 unspecified atom stereocenters. The van der Waals surface area contributed by atoms with Crippen LogP contribution < -0.4 is 5.73 Å². The average molecular weight is 211 g/mol. The van der Waals surface area contributed by atoms with Crippen LogP contribution >= 0.6 is 0 Å². The molecule has 0 amide bonds. The third kappa shape index (κ3) is 3.32. The van der Waals surface area contributed by atoms with Crippen LogP contribution in [0, 0.1) is 0 Å². The van der Waals surface area contributed by atoms with Gasteiger partial charge in [0.25, 0.3) is 0 Å². The molecule has 0 heterocycles. The number of rotatable bonds is 6. The zero-order valence-corrected chi connectivity index (χ0v) is 10.2. The first-order chi connectivity index (χ1) is 7.10. The lowest BCUT2D eigenvalue weighted by Crippen LogP contribution is -2.48. The molecule has 2 N–H and O–H groups in total. The second-order valence-electron chi connectivity index (χ2n) is 4.81. The lowest BCUT2D eigenvalue weighted by molar-refractivity contribution is -0.0541. The van der Waals surface area contributed by atoms with Crippen molar-refractivity contribution in [3.63, 3.8) is 0 Å². The van der Waals surface area contributed by atoms with Crippen LogP contribution in [0.5, 0.6) is 0 Å². The molecule has 0 aliphatic heterocycles. The van der Waals surface area contributed by atoms with Gasteiger partial charge in [-0.25, -0.2) is 0 Å². The minimum atomic E-state index is -0.0236. The Balaban J connectivity index is 2.51. The van der Waals surface area contributed by atoms with Crippen molar-refractivity contribution in [3.05, 3.63) is 12.2 Å². The number of hydrogen-bond acceptors (Lipinski definition) is 2. The molecule has 0 radical (unpaired) electrons. The van der Waals surface area contributed by atoms with Gasteiger partial charge in [-0.15, -0.1) is 6.58 Å². The van der Waals surface area contributed by atoms with Crippen molar-refractivity contribution < 1.29 is 4.74 Å². The summed E-state index contributed by atoms with van der Waals surface area (Å²) in [6.07, 6.45) is 6.84. The summed E-state index contributed by atoms with van der Waals surface area (Å²) in [4.78, 5) is 0. The maximum Gasteiger partial charge on any atom is 0.0832 e. The normalized spacial score (nSPS) is 21.5. The molecule has 1 saturated carbocycles. The van der Waals surface area contributed by atoms with Gasteiger partial charge < -0.3 is 10.5 Å². The van der Waals surface area contributed by atoms with Crippen LogP contribution in [0.1, 0.15) is 52.4 Å². The molecule has 0 aromatic heterocycles. The quantitative estimate of drug-likeness (QED) is 0.685. The van der Waals surface area contributed by atoms with E-state index < -0.39 is 0 Å². The highest BCUT2D eigenvalue weighted by Gasteiger charge is 2.39. The fourth-order valence-corrected chi connectivity index (χ4v) is 2.55. The summed E-state index contributed by atoms with van der Waals surface area (Å²) in [6.45, 7) is 8.83. The summed E-state index contributed by atoms with van der Waals surface area (Å²) in [5.41, 5.74) is 7.48. The predicted molar refractivity (Wildman–Crippen MR) is 64.8 cm³/mol. The molecule has 1 fully saturated rings. The number of nitrogens with two attached hydrogens (primary N) is 1. The molecule has 1 atom stereocenters. The lowest BCUT2D eigenvalue weighted by atomic mass is 9.88. The molecule has 0 aromatic carbocycles. The molecular weight excluding hydrogens is 186 g/mol. The first-order valence-corrected chi connectivity index (χ1v) is 6.14. The van der Waals surface area contributed by atoms with Crippen LogP contribution in [-0.2, 0) is 4.74 Å². The van der Waals surface area contributed by atoms with Gasteiger partial charge in [-0.3, -0.25) is 0 Å². The first-order valence-electron chi connectivity index (χ1n) is 6.14. The van der Waals surface area contributed by atoms with E-state index in [0.29, 0.717) is 0 Å². The average Bonchev–Trinajstić information content (AvgIpc) is 2.64. The zero-order chi connectivity index (χ0) is 11.3. The highest BCUT2D eigenvalue weighted by atomic mass is 16.5. The Kier molecular flexibility index (Phi) is 4.81. The van der Waals surface area contributed by atoms with E-state index in [-0.39, 0.29) is 11.6 Å². The summed E-state index contributed by atoms with van der Waals surface area (Å²) < 4.78 is 5.93. The molecule has 2 nitrogen and oxygen atoms in total. The molecule has 1 aliphatic carbocycles. The van der Waals surface area contributed by atoms with E-state index in [0.717, 1.165) is 32.3 Å². The first kappa shape index (κ1) is 12.7. The van der Waals surface area contributed by atoms with Crippen LogP contribution in [-0.4, -0.2) is 18.2 Å². The van der Waals surface area contributed by atoms with E-state index in [1.54, 1.807) is 0 Å². The van der Waals surface area contributed by atoms with E-state index in [2.05, 4.69) is 20.4 Å². The van der Waals surface area contributed by atoms with Crippen LogP contribution in [0.2, 0.25) is 0 Å². The predicted octanol–water partition coefficient (Wildman–Crippen LogP) is 3.02. The van der Waals surface area contributed by atoms with Crippen molar-refractivity contribution in [2.45, 2.75) is 64.0 Å². The SMILES string of the molecule is C=C(C)CCC(N)C1(OCC)CCCC1. The smallest absolute Gasteiger partial charge is 0.0832 e. The zero-order valence-electron chi connectivity index (χ0n) is 10.2. The topological polar surface area (TPSA) is 35.2 Å². The molecule has 1 aliphatic rings. The fourth-order valence-electron chi connectivity index (χ4n) is 2.55. The summed E-state index contributed by atoms with van der Waals surface area (Å²) in [5.74, 6) is 0. The van der Waals surface area contributed by atoms with E-state index >= 15 is 0 Å². The van der Waals surface area contributed by atoms with Gasteiger partial charge in [0.2, 0.25) is 0 Å². The Morgan fingerprint density at radius 1 is 1.47 bits per heavy atom. The molecule has 0 aromatic rings. The lowest BCUT2D eigenvalue weighted by Gasteiger charge is -2.35. The maximum absolute atomic E-state index is 6.28. The Bertz CT molecular complexity index is 207. The standard InChI is InChI=1S/C13H25NO/c1-4-15-13(9-5-6-10-13)12(14)8-7-11(2)3/h12H,2,4-10,14H2,1,3H3.